The van der Waals surface area contributed by atoms with E-state index in [1.54, 1.807) is 0 Å². The highest BCUT2D eigenvalue weighted by atomic mass is 127. The molecule has 1 aliphatic heterocycles. The van der Waals surface area contributed by atoms with Crippen LogP contribution in [-0.4, -0.2) is 72.8 Å². The molecule has 0 saturated carbocycles. The van der Waals surface area contributed by atoms with Crippen molar-refractivity contribution in [2.24, 2.45) is 12.0 Å². The monoisotopic (exact) mass is 527 g/mol. The Morgan fingerprint density at radius 3 is 2.84 bits per heavy atom. The van der Waals surface area contributed by atoms with Crippen LogP contribution in [0.1, 0.15) is 19.5 Å². The fourth-order valence-corrected chi connectivity index (χ4v) is 3.75. The summed E-state index contributed by atoms with van der Waals surface area (Å²) < 4.78 is 8.76. The molecule has 2 atom stereocenters. The van der Waals surface area contributed by atoms with E-state index in [0.29, 0.717) is 12.1 Å². The average molecular weight is 528 g/mol. The zero-order chi connectivity index (χ0) is 17.7. The summed E-state index contributed by atoms with van der Waals surface area (Å²) >= 11 is 3.53. The molecule has 2 unspecified atom stereocenters. The fraction of sp³-hybridized carbons (Fsp3) is 0.706. The van der Waals surface area contributed by atoms with Crippen LogP contribution in [0.2, 0.25) is 0 Å². The Balaban J connectivity index is 0.00000312. The van der Waals surface area contributed by atoms with E-state index in [-0.39, 0.29) is 24.0 Å². The molecule has 2 rings (SSSR count). The molecule has 0 radical (unpaired) electrons. The minimum atomic E-state index is 0. The van der Waals surface area contributed by atoms with Gasteiger partial charge in [0, 0.05) is 62.7 Å². The molecule has 1 N–H and O–H groups in total. The van der Waals surface area contributed by atoms with E-state index in [4.69, 9.17) is 4.74 Å². The number of guanidine groups is 1. The first kappa shape index (κ1) is 22.7. The largest absolute Gasteiger partial charge is 0.379 e. The van der Waals surface area contributed by atoms with E-state index in [9.17, 15) is 0 Å². The van der Waals surface area contributed by atoms with Crippen molar-refractivity contribution in [1.82, 2.24) is 19.7 Å². The lowest BCUT2D eigenvalue weighted by molar-refractivity contribution is -0.0175. The number of ether oxygens (including phenoxy) is 1. The molecule has 1 aromatic heterocycles. The van der Waals surface area contributed by atoms with Gasteiger partial charge in [-0.3, -0.25) is 9.89 Å². The summed E-state index contributed by atoms with van der Waals surface area (Å²) in [6.45, 7) is 8.81. The zero-order valence-corrected chi connectivity index (χ0v) is 19.7. The topological polar surface area (TPSA) is 45.0 Å². The third kappa shape index (κ3) is 6.41. The van der Waals surface area contributed by atoms with Gasteiger partial charge in [0.1, 0.15) is 0 Å². The Labute approximate surface area is 177 Å². The smallest absolute Gasteiger partial charge is 0.193 e. The van der Waals surface area contributed by atoms with Gasteiger partial charge in [0.2, 0.25) is 0 Å². The lowest BCUT2D eigenvalue weighted by atomic mass is 10.2. The molecule has 0 bridgehead atoms. The molecule has 0 amide bonds. The highest BCUT2D eigenvalue weighted by Crippen LogP contribution is 2.15. The first-order chi connectivity index (χ1) is 11.4. The van der Waals surface area contributed by atoms with Gasteiger partial charge in [-0.15, -0.1) is 24.0 Å². The van der Waals surface area contributed by atoms with Gasteiger partial charge >= 0.3 is 0 Å². The van der Waals surface area contributed by atoms with Crippen LogP contribution in [0.15, 0.2) is 21.7 Å². The van der Waals surface area contributed by atoms with Crippen molar-refractivity contribution >= 4 is 45.9 Å². The van der Waals surface area contributed by atoms with Crippen LogP contribution in [0.4, 0.5) is 0 Å². The molecule has 0 aromatic carbocycles. The van der Waals surface area contributed by atoms with Gasteiger partial charge in [-0.25, -0.2) is 0 Å². The number of aromatic nitrogens is 1. The number of hydrogen-bond donors (Lipinski definition) is 1. The number of aliphatic imine (C=N–C) groups is 1. The molecule has 2 heterocycles. The van der Waals surface area contributed by atoms with Crippen LogP contribution in [0.5, 0.6) is 0 Å². The Bertz CT molecular complexity index is 565. The summed E-state index contributed by atoms with van der Waals surface area (Å²) in [4.78, 5) is 9.07. The van der Waals surface area contributed by atoms with Crippen LogP contribution in [0, 0.1) is 0 Å². The molecule has 8 heteroatoms. The number of halogens is 2. The van der Waals surface area contributed by atoms with Gasteiger partial charge in [-0.2, -0.15) is 0 Å². The Morgan fingerprint density at radius 2 is 2.28 bits per heavy atom. The second-order valence-electron chi connectivity index (χ2n) is 6.56. The average Bonchev–Trinajstić information content (AvgIpc) is 2.85. The zero-order valence-electron chi connectivity index (χ0n) is 15.8. The number of hydrogen-bond acceptors (Lipinski definition) is 3. The van der Waals surface area contributed by atoms with E-state index in [1.165, 1.54) is 5.69 Å². The normalized spacial score (nSPS) is 20.1. The lowest BCUT2D eigenvalue weighted by Crippen LogP contribution is -2.53. The quantitative estimate of drug-likeness (QED) is 0.363. The van der Waals surface area contributed by atoms with Gasteiger partial charge in [0.25, 0.3) is 0 Å². The summed E-state index contributed by atoms with van der Waals surface area (Å²) in [5.41, 5.74) is 1.24. The van der Waals surface area contributed by atoms with Gasteiger partial charge in [0.05, 0.1) is 19.8 Å². The molecule has 1 aromatic rings. The summed E-state index contributed by atoms with van der Waals surface area (Å²) in [6.07, 6.45) is 2.07. The van der Waals surface area contributed by atoms with Crippen molar-refractivity contribution in [3.05, 3.63) is 22.4 Å². The van der Waals surface area contributed by atoms with Crippen molar-refractivity contribution in [3.8, 4) is 0 Å². The van der Waals surface area contributed by atoms with Gasteiger partial charge in [0.15, 0.2) is 5.96 Å². The number of nitrogens with one attached hydrogen (secondary N) is 1. The third-order valence-corrected chi connectivity index (χ3v) is 5.02. The molecule has 0 aliphatic carbocycles. The SMILES string of the molecule is CN=C(NCC(C)N1CCOCC1C)N(C)Cc1cc(Br)cn1C.I. The van der Waals surface area contributed by atoms with E-state index in [0.717, 1.165) is 43.3 Å². The van der Waals surface area contributed by atoms with Crippen molar-refractivity contribution in [1.29, 1.82) is 0 Å². The molecular formula is C17H31BrIN5O. The van der Waals surface area contributed by atoms with Gasteiger partial charge in [-0.1, -0.05) is 0 Å². The highest BCUT2D eigenvalue weighted by molar-refractivity contribution is 14.0. The van der Waals surface area contributed by atoms with Crippen molar-refractivity contribution < 1.29 is 4.74 Å². The molecular weight excluding hydrogens is 497 g/mol. The highest BCUT2D eigenvalue weighted by Gasteiger charge is 2.23. The number of aryl methyl sites for hydroxylation is 1. The molecule has 144 valence electrons. The Kier molecular flexibility index (Phi) is 9.76. The number of nitrogens with zero attached hydrogens (tertiary/aromatic N) is 4. The van der Waals surface area contributed by atoms with Gasteiger partial charge < -0.3 is 19.5 Å². The molecule has 1 saturated heterocycles. The van der Waals surface area contributed by atoms with E-state index >= 15 is 0 Å². The summed E-state index contributed by atoms with van der Waals surface area (Å²) in [5.74, 6) is 0.917. The van der Waals surface area contributed by atoms with Crippen LogP contribution < -0.4 is 5.32 Å². The first-order valence-electron chi connectivity index (χ1n) is 8.48. The summed E-state index contributed by atoms with van der Waals surface area (Å²) in [5, 5.41) is 3.51. The van der Waals surface area contributed by atoms with Crippen LogP contribution >= 0.6 is 39.9 Å². The number of morpholine rings is 1. The molecule has 6 nitrogen and oxygen atoms in total. The third-order valence-electron chi connectivity index (χ3n) is 4.59. The maximum absolute atomic E-state index is 5.53. The predicted octanol–water partition coefficient (Wildman–Crippen LogP) is 2.52. The maximum Gasteiger partial charge on any atom is 0.193 e. The van der Waals surface area contributed by atoms with Crippen molar-refractivity contribution in [3.63, 3.8) is 0 Å². The van der Waals surface area contributed by atoms with E-state index in [2.05, 4.69) is 80.8 Å². The van der Waals surface area contributed by atoms with Crippen molar-refractivity contribution in [2.75, 3.05) is 40.4 Å². The van der Waals surface area contributed by atoms with Crippen LogP contribution in [0.25, 0.3) is 0 Å². The number of rotatable bonds is 5. The lowest BCUT2D eigenvalue weighted by Gasteiger charge is -2.38. The van der Waals surface area contributed by atoms with Crippen LogP contribution in [-0.2, 0) is 18.3 Å². The Hall–Kier alpha value is -0.320. The van der Waals surface area contributed by atoms with Crippen LogP contribution in [0.3, 0.4) is 0 Å². The predicted molar refractivity (Wildman–Crippen MR) is 118 cm³/mol. The molecule has 1 aliphatic rings. The molecule has 0 spiro atoms. The fourth-order valence-electron chi connectivity index (χ4n) is 3.18. The van der Waals surface area contributed by atoms with E-state index in [1.807, 2.05) is 7.05 Å². The molecule has 25 heavy (non-hydrogen) atoms. The van der Waals surface area contributed by atoms with Gasteiger partial charge in [-0.05, 0) is 35.8 Å². The first-order valence-corrected chi connectivity index (χ1v) is 9.27. The summed E-state index contributed by atoms with van der Waals surface area (Å²) in [6, 6.07) is 3.05. The maximum atomic E-state index is 5.53. The molecule has 1 fully saturated rings. The second kappa shape index (κ2) is 10.7. The standard InChI is InChI=1S/C17H30BrN5O.HI/c1-13(23-6-7-24-12-14(23)2)9-20-17(19-3)22(5)11-16-8-15(18)10-21(16)4;/h8,10,13-14H,6-7,9,11-12H2,1-5H3,(H,19,20);1H. The minimum Gasteiger partial charge on any atom is -0.379 e. The summed E-state index contributed by atoms with van der Waals surface area (Å²) in [7, 11) is 5.96. The minimum absolute atomic E-state index is 0. The second-order valence-corrected chi connectivity index (χ2v) is 7.47. The van der Waals surface area contributed by atoms with E-state index < -0.39 is 0 Å². The van der Waals surface area contributed by atoms with Crippen molar-refractivity contribution in [2.45, 2.75) is 32.5 Å². The Morgan fingerprint density at radius 1 is 1.56 bits per heavy atom.